The van der Waals surface area contributed by atoms with Crippen LogP contribution in [0.4, 0.5) is 0 Å². The number of hydrogen-bond donors (Lipinski definition) is 0. The molecule has 0 saturated heterocycles. The summed E-state index contributed by atoms with van der Waals surface area (Å²) in [6.07, 6.45) is -4.10. The van der Waals surface area contributed by atoms with Crippen molar-refractivity contribution in [3.8, 4) is 0 Å². The highest BCUT2D eigenvalue weighted by atomic mass is 16.7. The Morgan fingerprint density at radius 2 is 0.931 bits per heavy atom. The molecule has 0 aliphatic heterocycles. The van der Waals surface area contributed by atoms with Crippen LogP contribution < -0.4 is 0 Å². The number of ether oxygens (including phenoxy) is 6. The molecule has 0 saturated carbocycles. The Morgan fingerprint density at radius 1 is 0.621 bits per heavy atom. The molecule has 0 aromatic heterocycles. The van der Waals surface area contributed by atoms with Crippen molar-refractivity contribution in [2.45, 2.75) is 53.8 Å². The van der Waals surface area contributed by atoms with Crippen molar-refractivity contribution in [3.05, 3.63) is 0 Å². The van der Waals surface area contributed by atoms with Gasteiger partial charge in [0.05, 0.1) is 14.2 Å². The molecule has 168 valence electrons. The molecule has 0 radical (unpaired) electrons. The van der Waals surface area contributed by atoms with Crippen LogP contribution in [0.1, 0.15) is 41.5 Å². The van der Waals surface area contributed by atoms with Gasteiger partial charge >= 0.3 is 35.8 Å². The zero-order valence-corrected chi connectivity index (χ0v) is 15.2. The first kappa shape index (κ1) is 30.5. The standard InChI is InChI=1S/C15H20O12.2CH4/c1-8(26-12(18)5-10(16)22-3)14(20)24-7-25-15(21)9(2)27-13(19)6-11(17)23-4;;/h8-9H,5-7H2,1-4H3;2*1H4. The smallest absolute Gasteiger partial charge is 0.350 e. The van der Waals surface area contributed by atoms with Crippen molar-refractivity contribution in [1.82, 2.24) is 0 Å². The zero-order valence-electron chi connectivity index (χ0n) is 15.2. The maximum Gasteiger partial charge on any atom is 0.350 e. The van der Waals surface area contributed by atoms with Gasteiger partial charge in [0.1, 0.15) is 12.8 Å². The van der Waals surface area contributed by atoms with E-state index in [4.69, 9.17) is 0 Å². The fourth-order valence-electron chi connectivity index (χ4n) is 1.33. The molecule has 0 aliphatic rings. The number of esters is 6. The van der Waals surface area contributed by atoms with Gasteiger partial charge in [0.2, 0.25) is 6.79 Å². The molecular formula is C17H28O12. The number of rotatable bonds is 10. The lowest BCUT2D eigenvalue weighted by molar-refractivity contribution is -0.186. The third-order valence-electron chi connectivity index (χ3n) is 2.72. The normalized spacial score (nSPS) is 11.2. The summed E-state index contributed by atoms with van der Waals surface area (Å²) in [5.74, 6) is -5.79. The summed E-state index contributed by atoms with van der Waals surface area (Å²) in [6.45, 7) is 1.52. The third kappa shape index (κ3) is 13.6. The average Bonchev–Trinajstić information content (AvgIpc) is 2.60. The van der Waals surface area contributed by atoms with Crippen LogP contribution in [0.3, 0.4) is 0 Å². The lowest BCUT2D eigenvalue weighted by Gasteiger charge is -2.14. The lowest BCUT2D eigenvalue weighted by Crippen LogP contribution is -2.31. The highest BCUT2D eigenvalue weighted by Gasteiger charge is 2.24. The van der Waals surface area contributed by atoms with Crippen LogP contribution in [0.25, 0.3) is 0 Å². The summed E-state index contributed by atoms with van der Waals surface area (Å²) >= 11 is 0. The second kappa shape index (κ2) is 15.8. The van der Waals surface area contributed by atoms with E-state index >= 15 is 0 Å². The van der Waals surface area contributed by atoms with Gasteiger partial charge in [0.25, 0.3) is 0 Å². The molecule has 0 spiro atoms. The predicted molar refractivity (Wildman–Crippen MR) is 94.9 cm³/mol. The minimum absolute atomic E-state index is 0. The van der Waals surface area contributed by atoms with Crippen molar-refractivity contribution in [2.75, 3.05) is 21.0 Å². The van der Waals surface area contributed by atoms with E-state index in [9.17, 15) is 28.8 Å². The monoisotopic (exact) mass is 424 g/mol. The Labute approximate surface area is 168 Å². The number of hydrogen-bond acceptors (Lipinski definition) is 12. The van der Waals surface area contributed by atoms with Crippen LogP contribution >= 0.6 is 0 Å². The van der Waals surface area contributed by atoms with Gasteiger partial charge < -0.3 is 28.4 Å². The van der Waals surface area contributed by atoms with Crippen molar-refractivity contribution < 1.29 is 57.2 Å². The quantitative estimate of drug-likeness (QED) is 0.204. The maximum atomic E-state index is 11.6. The Morgan fingerprint density at radius 3 is 1.21 bits per heavy atom. The Kier molecular flexibility index (Phi) is 16.7. The molecular weight excluding hydrogens is 396 g/mol. The largest absolute Gasteiger partial charge is 0.469 e. The molecule has 0 amide bonds. The molecule has 12 nitrogen and oxygen atoms in total. The third-order valence-corrected chi connectivity index (χ3v) is 2.72. The Balaban J connectivity index is -0.00000338. The SMILES string of the molecule is C.C.COC(=O)CC(=O)OC(C)C(=O)OCOC(=O)C(C)OC(=O)CC(=O)OC. The van der Waals surface area contributed by atoms with E-state index in [1.807, 2.05) is 0 Å². The molecule has 0 aromatic rings. The molecule has 0 N–H and O–H groups in total. The van der Waals surface area contributed by atoms with Gasteiger partial charge in [-0.15, -0.1) is 0 Å². The first-order chi connectivity index (χ1) is 12.6. The summed E-state index contributed by atoms with van der Waals surface area (Å²) in [6, 6.07) is 0. The van der Waals surface area contributed by atoms with E-state index in [1.165, 1.54) is 13.8 Å². The van der Waals surface area contributed by atoms with Gasteiger partial charge in [-0.3, -0.25) is 19.2 Å². The van der Waals surface area contributed by atoms with Crippen LogP contribution in [0.2, 0.25) is 0 Å². The Hall–Kier alpha value is -3.18. The summed E-state index contributed by atoms with van der Waals surface area (Å²) in [5.41, 5.74) is 0. The topological polar surface area (TPSA) is 158 Å². The molecule has 2 atom stereocenters. The molecule has 0 heterocycles. The van der Waals surface area contributed by atoms with E-state index in [0.29, 0.717) is 0 Å². The molecule has 0 bridgehead atoms. The predicted octanol–water partition coefficient (Wildman–Crippen LogP) is 0.292. The van der Waals surface area contributed by atoms with E-state index in [1.54, 1.807) is 0 Å². The average molecular weight is 424 g/mol. The molecule has 0 aromatic carbocycles. The van der Waals surface area contributed by atoms with E-state index in [2.05, 4.69) is 28.4 Å². The number of carbonyl (C=O) groups is 6. The lowest BCUT2D eigenvalue weighted by atomic mass is 10.4. The van der Waals surface area contributed by atoms with Crippen molar-refractivity contribution in [3.63, 3.8) is 0 Å². The summed E-state index contributed by atoms with van der Waals surface area (Å²) in [5, 5.41) is 0. The fraction of sp³-hybridized carbons (Fsp3) is 0.647. The van der Waals surface area contributed by atoms with Crippen LogP contribution in [-0.2, 0) is 57.2 Å². The van der Waals surface area contributed by atoms with E-state index in [0.717, 1.165) is 14.2 Å². The van der Waals surface area contributed by atoms with Crippen LogP contribution in [0.5, 0.6) is 0 Å². The van der Waals surface area contributed by atoms with Crippen molar-refractivity contribution in [1.29, 1.82) is 0 Å². The first-order valence-corrected chi connectivity index (χ1v) is 7.46. The molecule has 0 fully saturated rings. The van der Waals surface area contributed by atoms with Gasteiger partial charge in [-0.2, -0.15) is 0 Å². The van der Waals surface area contributed by atoms with Crippen LogP contribution in [0, 0.1) is 0 Å². The van der Waals surface area contributed by atoms with Gasteiger partial charge in [0.15, 0.2) is 12.2 Å². The zero-order chi connectivity index (χ0) is 21.0. The number of methoxy groups -OCH3 is 2. The number of carbonyl (C=O) groups excluding carboxylic acids is 6. The van der Waals surface area contributed by atoms with Gasteiger partial charge in [-0.05, 0) is 13.8 Å². The van der Waals surface area contributed by atoms with Crippen LogP contribution in [-0.4, -0.2) is 69.0 Å². The molecule has 2 unspecified atom stereocenters. The van der Waals surface area contributed by atoms with E-state index < -0.39 is 67.7 Å². The second-order valence-corrected chi connectivity index (χ2v) is 4.81. The molecule has 0 aliphatic carbocycles. The highest BCUT2D eigenvalue weighted by molar-refractivity contribution is 5.93. The maximum absolute atomic E-state index is 11.6. The van der Waals surface area contributed by atoms with Crippen molar-refractivity contribution in [2.24, 2.45) is 0 Å². The minimum Gasteiger partial charge on any atom is -0.469 e. The highest BCUT2D eigenvalue weighted by Crippen LogP contribution is 2.02. The second-order valence-electron chi connectivity index (χ2n) is 4.81. The summed E-state index contributed by atoms with van der Waals surface area (Å²) in [4.78, 5) is 67.5. The first-order valence-electron chi connectivity index (χ1n) is 7.46. The van der Waals surface area contributed by atoms with Gasteiger partial charge in [-0.1, -0.05) is 14.9 Å². The Bertz CT molecular complexity index is 533. The molecule has 29 heavy (non-hydrogen) atoms. The van der Waals surface area contributed by atoms with Crippen LogP contribution in [0.15, 0.2) is 0 Å². The molecule has 0 rings (SSSR count). The fourth-order valence-corrected chi connectivity index (χ4v) is 1.33. The summed E-state index contributed by atoms with van der Waals surface area (Å²) < 4.78 is 26.9. The van der Waals surface area contributed by atoms with Crippen molar-refractivity contribution >= 4 is 35.8 Å². The molecule has 12 heteroatoms. The van der Waals surface area contributed by atoms with E-state index in [-0.39, 0.29) is 14.9 Å². The van der Waals surface area contributed by atoms with Gasteiger partial charge in [0, 0.05) is 0 Å². The summed E-state index contributed by atoms with van der Waals surface area (Å²) in [7, 11) is 2.16. The van der Waals surface area contributed by atoms with Gasteiger partial charge in [-0.25, -0.2) is 9.59 Å². The minimum atomic E-state index is -1.36.